The minimum Gasteiger partial charge on any atom is -0.317 e. The average molecular weight is 478 g/mol. The first kappa shape index (κ1) is 22.5. The molecule has 0 fully saturated rings. The van der Waals surface area contributed by atoms with Gasteiger partial charge < -0.3 is 5.32 Å². The molecule has 0 saturated carbocycles. The van der Waals surface area contributed by atoms with Crippen LogP contribution in [-0.2, 0) is 6.18 Å². The Morgan fingerprint density at radius 2 is 1.55 bits per heavy atom. The highest BCUT2D eigenvalue weighted by molar-refractivity contribution is 6.32. The minimum absolute atomic E-state index is 0.0428. The number of aromatic nitrogens is 2. The SMILES string of the molecule is O=C(Nc1c(F)cccc1F)c1ccc(-c2cc(C(F)(F)F)nn2-c2ccccc2Cl)cc1. The van der Waals surface area contributed by atoms with Gasteiger partial charge >= 0.3 is 6.18 Å². The normalized spacial score (nSPS) is 11.5. The lowest BCUT2D eigenvalue weighted by atomic mass is 10.1. The summed E-state index contributed by atoms with van der Waals surface area (Å²) >= 11 is 6.15. The summed E-state index contributed by atoms with van der Waals surface area (Å²) in [6, 6.07) is 15.7. The third-order valence-corrected chi connectivity index (χ3v) is 5.04. The van der Waals surface area contributed by atoms with E-state index in [0.29, 0.717) is 5.56 Å². The molecule has 168 valence electrons. The van der Waals surface area contributed by atoms with E-state index in [1.54, 1.807) is 12.1 Å². The summed E-state index contributed by atoms with van der Waals surface area (Å²) in [6.45, 7) is 0. The molecular weight excluding hydrogens is 465 g/mol. The lowest BCUT2D eigenvalue weighted by molar-refractivity contribution is -0.141. The van der Waals surface area contributed by atoms with Crippen LogP contribution in [0.2, 0.25) is 5.02 Å². The van der Waals surface area contributed by atoms with Crippen molar-refractivity contribution in [1.29, 1.82) is 0 Å². The molecule has 3 aromatic carbocycles. The Balaban J connectivity index is 1.70. The molecule has 4 rings (SSSR count). The van der Waals surface area contributed by atoms with Crippen LogP contribution in [0.1, 0.15) is 16.1 Å². The van der Waals surface area contributed by atoms with E-state index in [1.165, 1.54) is 36.4 Å². The monoisotopic (exact) mass is 477 g/mol. The number of alkyl halides is 3. The van der Waals surface area contributed by atoms with Crippen molar-refractivity contribution in [2.45, 2.75) is 6.18 Å². The van der Waals surface area contributed by atoms with Gasteiger partial charge in [0.1, 0.15) is 17.3 Å². The summed E-state index contributed by atoms with van der Waals surface area (Å²) in [6.07, 6.45) is -4.69. The van der Waals surface area contributed by atoms with Crippen LogP contribution in [0.5, 0.6) is 0 Å². The van der Waals surface area contributed by atoms with Crippen LogP contribution in [-0.4, -0.2) is 15.7 Å². The number of halogens is 6. The third-order valence-electron chi connectivity index (χ3n) is 4.72. The van der Waals surface area contributed by atoms with Crippen LogP contribution in [0.4, 0.5) is 27.6 Å². The van der Waals surface area contributed by atoms with Crippen molar-refractivity contribution >= 4 is 23.2 Å². The zero-order chi connectivity index (χ0) is 23.8. The number of amides is 1. The predicted octanol–water partition coefficient (Wildman–Crippen LogP) is 6.74. The van der Waals surface area contributed by atoms with E-state index in [-0.39, 0.29) is 22.0 Å². The summed E-state index contributed by atoms with van der Waals surface area (Å²) in [7, 11) is 0. The minimum atomic E-state index is -4.69. The summed E-state index contributed by atoms with van der Waals surface area (Å²) in [5, 5.41) is 6.01. The highest BCUT2D eigenvalue weighted by Crippen LogP contribution is 2.34. The van der Waals surface area contributed by atoms with Crippen molar-refractivity contribution in [2.24, 2.45) is 0 Å². The van der Waals surface area contributed by atoms with Crippen molar-refractivity contribution < 1.29 is 26.7 Å². The van der Waals surface area contributed by atoms with Gasteiger partial charge in [-0.15, -0.1) is 0 Å². The highest BCUT2D eigenvalue weighted by Gasteiger charge is 2.35. The van der Waals surface area contributed by atoms with Crippen LogP contribution in [0, 0.1) is 11.6 Å². The fourth-order valence-corrected chi connectivity index (χ4v) is 3.34. The molecule has 0 aliphatic carbocycles. The van der Waals surface area contributed by atoms with Crippen molar-refractivity contribution in [3.8, 4) is 16.9 Å². The topological polar surface area (TPSA) is 46.9 Å². The van der Waals surface area contributed by atoms with Crippen molar-refractivity contribution in [2.75, 3.05) is 5.32 Å². The second kappa shape index (κ2) is 8.67. The fraction of sp³-hybridized carbons (Fsp3) is 0.0435. The van der Waals surface area contributed by atoms with Gasteiger partial charge in [-0.3, -0.25) is 4.79 Å². The molecule has 4 aromatic rings. The van der Waals surface area contributed by atoms with Crippen molar-refractivity contribution in [3.63, 3.8) is 0 Å². The molecule has 4 nitrogen and oxygen atoms in total. The molecule has 0 saturated heterocycles. The van der Waals surface area contributed by atoms with Gasteiger partial charge in [0.15, 0.2) is 5.69 Å². The van der Waals surface area contributed by atoms with E-state index < -0.39 is 35.1 Å². The smallest absolute Gasteiger partial charge is 0.317 e. The van der Waals surface area contributed by atoms with E-state index in [1.807, 2.05) is 0 Å². The standard InChI is InChI=1S/C23H13ClF5N3O/c24-15-4-1-2-7-18(15)32-19(12-20(31-32)23(27,28)29)13-8-10-14(11-9-13)22(33)30-21-16(25)5-3-6-17(21)26/h1-12H,(H,30,33). The molecule has 0 unspecified atom stereocenters. The van der Waals surface area contributed by atoms with E-state index in [0.717, 1.165) is 28.9 Å². The first-order valence-electron chi connectivity index (χ1n) is 9.43. The molecule has 1 amide bonds. The van der Waals surface area contributed by atoms with Gasteiger partial charge in [-0.25, -0.2) is 13.5 Å². The number of para-hydroxylation sites is 2. The first-order chi connectivity index (χ1) is 15.6. The Morgan fingerprint density at radius 3 is 2.15 bits per heavy atom. The Hall–Kier alpha value is -3.72. The highest BCUT2D eigenvalue weighted by atomic mass is 35.5. The number of benzene rings is 3. The maximum absolute atomic E-state index is 13.8. The zero-order valence-electron chi connectivity index (χ0n) is 16.5. The molecule has 0 atom stereocenters. The quantitative estimate of drug-likeness (QED) is 0.331. The number of nitrogens with one attached hydrogen (secondary N) is 1. The summed E-state index contributed by atoms with van der Waals surface area (Å²) < 4.78 is 68.6. The van der Waals surface area contributed by atoms with Gasteiger partial charge in [0.05, 0.1) is 16.4 Å². The van der Waals surface area contributed by atoms with Crippen LogP contribution < -0.4 is 5.32 Å². The maximum Gasteiger partial charge on any atom is 0.435 e. The lowest BCUT2D eigenvalue weighted by Crippen LogP contribution is -2.14. The molecule has 10 heteroatoms. The van der Waals surface area contributed by atoms with E-state index in [9.17, 15) is 26.7 Å². The van der Waals surface area contributed by atoms with Crippen LogP contribution >= 0.6 is 11.6 Å². The molecule has 1 aromatic heterocycles. The average Bonchev–Trinajstić information content (AvgIpc) is 3.22. The predicted molar refractivity (Wildman–Crippen MR) is 113 cm³/mol. The summed E-state index contributed by atoms with van der Waals surface area (Å²) in [5.74, 6) is -2.67. The number of carbonyl (C=O) groups is 1. The Kier molecular flexibility index (Phi) is 5.90. The fourth-order valence-electron chi connectivity index (χ4n) is 3.13. The van der Waals surface area contributed by atoms with Crippen molar-refractivity contribution in [1.82, 2.24) is 9.78 Å². The van der Waals surface area contributed by atoms with Crippen LogP contribution in [0.25, 0.3) is 16.9 Å². The number of nitrogens with zero attached hydrogens (tertiary/aromatic N) is 2. The Labute approximate surface area is 189 Å². The van der Waals surface area contributed by atoms with E-state index >= 15 is 0 Å². The van der Waals surface area contributed by atoms with Gasteiger partial charge in [-0.1, -0.05) is 41.9 Å². The van der Waals surface area contributed by atoms with Crippen molar-refractivity contribution in [3.05, 3.63) is 101 Å². The third kappa shape index (κ3) is 4.58. The number of hydrogen-bond donors (Lipinski definition) is 1. The number of rotatable bonds is 4. The van der Waals surface area contributed by atoms with E-state index in [4.69, 9.17) is 11.6 Å². The molecular formula is C23H13ClF5N3O. The summed E-state index contributed by atoms with van der Waals surface area (Å²) in [4.78, 5) is 12.4. The number of hydrogen-bond acceptors (Lipinski definition) is 2. The van der Waals surface area contributed by atoms with Crippen LogP contribution in [0.15, 0.2) is 72.8 Å². The molecule has 0 aliphatic heterocycles. The second-order valence-electron chi connectivity index (χ2n) is 6.90. The lowest BCUT2D eigenvalue weighted by Gasteiger charge is -2.10. The molecule has 0 spiro atoms. The molecule has 0 radical (unpaired) electrons. The number of anilines is 1. The summed E-state index contributed by atoms with van der Waals surface area (Å²) in [5.41, 5.74) is -1.04. The first-order valence-corrected chi connectivity index (χ1v) is 9.81. The molecule has 1 N–H and O–H groups in total. The van der Waals surface area contributed by atoms with Crippen LogP contribution in [0.3, 0.4) is 0 Å². The van der Waals surface area contributed by atoms with Gasteiger partial charge in [0.25, 0.3) is 5.91 Å². The van der Waals surface area contributed by atoms with Gasteiger partial charge in [0.2, 0.25) is 0 Å². The van der Waals surface area contributed by atoms with Gasteiger partial charge in [-0.05, 0) is 42.5 Å². The van der Waals surface area contributed by atoms with Gasteiger partial charge in [0, 0.05) is 11.1 Å². The molecule has 0 aliphatic rings. The van der Waals surface area contributed by atoms with E-state index in [2.05, 4.69) is 10.4 Å². The molecule has 33 heavy (non-hydrogen) atoms. The van der Waals surface area contributed by atoms with Gasteiger partial charge in [-0.2, -0.15) is 18.3 Å². The Morgan fingerprint density at radius 1 is 0.909 bits per heavy atom. The maximum atomic E-state index is 13.8. The zero-order valence-corrected chi connectivity index (χ0v) is 17.3. The largest absolute Gasteiger partial charge is 0.435 e. The molecule has 0 bridgehead atoms. The molecule has 1 heterocycles. The second-order valence-corrected chi connectivity index (χ2v) is 7.31. The Bertz CT molecular complexity index is 1310. The number of carbonyl (C=O) groups excluding carboxylic acids is 1.